The zero-order valence-corrected chi connectivity index (χ0v) is 18.1. The van der Waals surface area contributed by atoms with Crippen LogP contribution in [0.25, 0.3) is 10.8 Å². The van der Waals surface area contributed by atoms with Crippen molar-refractivity contribution in [2.24, 2.45) is 0 Å². The maximum Gasteiger partial charge on any atom is 0.270 e. The van der Waals surface area contributed by atoms with Crippen molar-refractivity contribution in [3.8, 4) is 5.75 Å². The lowest BCUT2D eigenvalue weighted by atomic mass is 10.1. The van der Waals surface area contributed by atoms with Gasteiger partial charge in [0.25, 0.3) is 5.91 Å². The molecule has 0 atom stereocenters. The number of nitrogens with one attached hydrogen (secondary N) is 3. The largest absolute Gasteiger partial charge is 0.486 e. The molecule has 0 fully saturated rings. The fraction of sp³-hybridized carbons (Fsp3) is 0.0400. The second kappa shape index (κ2) is 10.1. The number of anilines is 1. The predicted molar refractivity (Wildman–Crippen MR) is 128 cm³/mol. The van der Waals surface area contributed by atoms with E-state index in [1.54, 1.807) is 24.3 Å². The summed E-state index contributed by atoms with van der Waals surface area (Å²) >= 11 is 5.31. The maximum atomic E-state index is 13.8. The summed E-state index contributed by atoms with van der Waals surface area (Å²) in [6.07, 6.45) is 0. The van der Waals surface area contributed by atoms with Gasteiger partial charge in [0.05, 0.1) is 0 Å². The maximum absolute atomic E-state index is 13.8. The molecule has 0 aliphatic carbocycles. The normalized spacial score (nSPS) is 10.5. The number of carbonyl (C=O) groups is 1. The Bertz CT molecular complexity index is 1320. The molecule has 4 aromatic carbocycles. The van der Waals surface area contributed by atoms with Gasteiger partial charge in [-0.15, -0.1) is 0 Å². The summed E-state index contributed by atoms with van der Waals surface area (Å²) in [7, 11) is 0. The highest BCUT2D eigenvalue weighted by atomic mass is 32.1. The predicted octanol–water partition coefficient (Wildman–Crippen LogP) is 5.33. The Labute approximate surface area is 194 Å². The number of carbonyl (C=O) groups excluding carboxylic acids is 1. The summed E-state index contributed by atoms with van der Waals surface area (Å²) in [6.45, 7) is -0.0785. The molecule has 5 nitrogen and oxygen atoms in total. The fourth-order valence-electron chi connectivity index (χ4n) is 3.28. The quantitative estimate of drug-likeness (QED) is 0.276. The fourth-order valence-corrected chi connectivity index (χ4v) is 3.45. The Hall–Kier alpha value is -4.04. The second-order valence-corrected chi connectivity index (χ2v) is 7.49. The molecule has 0 heterocycles. The first-order valence-electron chi connectivity index (χ1n) is 10.0. The van der Waals surface area contributed by atoms with E-state index in [1.807, 2.05) is 42.5 Å². The van der Waals surface area contributed by atoms with E-state index >= 15 is 0 Å². The van der Waals surface area contributed by atoms with Gasteiger partial charge in [0, 0.05) is 28.3 Å². The van der Waals surface area contributed by atoms with Gasteiger partial charge >= 0.3 is 0 Å². The lowest BCUT2D eigenvalue weighted by molar-refractivity contribution is 0.0941. The minimum Gasteiger partial charge on any atom is -0.486 e. The third kappa shape index (κ3) is 5.42. The van der Waals surface area contributed by atoms with Gasteiger partial charge < -0.3 is 10.1 Å². The van der Waals surface area contributed by atoms with Crippen molar-refractivity contribution in [2.45, 2.75) is 6.61 Å². The van der Waals surface area contributed by atoms with E-state index in [9.17, 15) is 13.6 Å². The monoisotopic (exact) mass is 463 g/mol. The first-order valence-corrected chi connectivity index (χ1v) is 10.4. The number of hydrogen-bond acceptors (Lipinski definition) is 3. The zero-order valence-electron chi connectivity index (χ0n) is 17.3. The van der Waals surface area contributed by atoms with Gasteiger partial charge in [0.1, 0.15) is 12.4 Å². The molecular weight excluding hydrogens is 444 g/mol. The summed E-state index contributed by atoms with van der Waals surface area (Å²) in [5.41, 5.74) is 6.88. The Morgan fingerprint density at radius 1 is 0.879 bits per heavy atom. The summed E-state index contributed by atoms with van der Waals surface area (Å²) in [6, 6.07) is 23.4. The average Bonchev–Trinajstić information content (AvgIpc) is 2.82. The highest BCUT2D eigenvalue weighted by molar-refractivity contribution is 7.80. The van der Waals surface area contributed by atoms with Crippen LogP contribution in [-0.2, 0) is 6.61 Å². The molecule has 0 spiro atoms. The highest BCUT2D eigenvalue weighted by Gasteiger charge is 2.13. The van der Waals surface area contributed by atoms with Crippen LogP contribution in [-0.4, -0.2) is 11.0 Å². The van der Waals surface area contributed by atoms with Gasteiger partial charge in [-0.05, 0) is 41.9 Å². The molecule has 0 aromatic heterocycles. The molecule has 166 valence electrons. The lowest BCUT2D eigenvalue weighted by Crippen LogP contribution is -2.44. The minimum atomic E-state index is -0.816. The Morgan fingerprint density at radius 3 is 2.48 bits per heavy atom. The van der Waals surface area contributed by atoms with E-state index < -0.39 is 17.5 Å². The van der Waals surface area contributed by atoms with E-state index in [0.717, 1.165) is 28.6 Å². The number of thiocarbonyl (C=S) groups is 1. The summed E-state index contributed by atoms with van der Waals surface area (Å²) in [4.78, 5) is 12.7. The van der Waals surface area contributed by atoms with Crippen molar-refractivity contribution >= 4 is 39.7 Å². The van der Waals surface area contributed by atoms with Crippen LogP contribution < -0.4 is 20.9 Å². The number of hydrazine groups is 1. The molecule has 1 amide bonds. The molecule has 0 radical (unpaired) electrons. The molecule has 0 aliphatic rings. The molecule has 33 heavy (non-hydrogen) atoms. The molecule has 0 saturated heterocycles. The number of rotatable bonds is 5. The number of amides is 1. The molecule has 0 unspecified atom stereocenters. The van der Waals surface area contributed by atoms with Crippen molar-refractivity contribution < 1.29 is 18.3 Å². The first kappa shape index (κ1) is 22.2. The van der Waals surface area contributed by atoms with Crippen LogP contribution in [0.5, 0.6) is 5.75 Å². The molecular formula is C25H19F2N3O2S. The number of ether oxygens (including phenoxy) is 1. The van der Waals surface area contributed by atoms with E-state index in [4.69, 9.17) is 17.0 Å². The van der Waals surface area contributed by atoms with Crippen LogP contribution >= 0.6 is 12.2 Å². The number of benzene rings is 4. The molecule has 0 saturated carbocycles. The van der Waals surface area contributed by atoms with Gasteiger partial charge in [-0.3, -0.25) is 15.6 Å². The number of fused-ring (bicyclic) bond motifs is 1. The van der Waals surface area contributed by atoms with E-state index in [-0.39, 0.29) is 17.5 Å². The Morgan fingerprint density at radius 2 is 1.64 bits per heavy atom. The van der Waals surface area contributed by atoms with E-state index in [2.05, 4.69) is 16.2 Å². The van der Waals surface area contributed by atoms with Crippen LogP contribution in [0, 0.1) is 11.6 Å². The van der Waals surface area contributed by atoms with Crippen molar-refractivity contribution in [3.63, 3.8) is 0 Å². The van der Waals surface area contributed by atoms with Gasteiger partial charge in [0.15, 0.2) is 16.7 Å². The molecule has 0 bridgehead atoms. The summed E-state index contributed by atoms with van der Waals surface area (Å²) < 4.78 is 32.3. The van der Waals surface area contributed by atoms with Gasteiger partial charge in [-0.2, -0.15) is 0 Å². The molecule has 4 aromatic rings. The van der Waals surface area contributed by atoms with Crippen molar-refractivity contribution in [3.05, 3.63) is 108 Å². The van der Waals surface area contributed by atoms with Crippen LogP contribution in [0.2, 0.25) is 0 Å². The topological polar surface area (TPSA) is 62.4 Å². The summed E-state index contributed by atoms with van der Waals surface area (Å²) in [5.74, 6) is -2.07. The van der Waals surface area contributed by atoms with Crippen LogP contribution in [0.3, 0.4) is 0 Å². The van der Waals surface area contributed by atoms with E-state index in [1.165, 1.54) is 6.07 Å². The highest BCUT2D eigenvalue weighted by Crippen LogP contribution is 2.23. The summed E-state index contributed by atoms with van der Waals surface area (Å²) in [5, 5.41) is 5.33. The second-order valence-electron chi connectivity index (χ2n) is 7.08. The standard InChI is InChI=1S/C25H19F2N3O2S/c26-18-12-13-23(21(27)14-18)32-15-17-7-2-4-10-20(17)24(31)29-30-25(33)28-22-11-5-8-16-6-1-3-9-19(16)22/h1-14H,15H2,(H,29,31)(H2,28,30,33). The molecule has 4 rings (SSSR count). The number of halogens is 2. The van der Waals surface area contributed by atoms with Gasteiger partial charge in [-0.1, -0.05) is 54.6 Å². The molecule has 0 aliphatic heterocycles. The SMILES string of the molecule is O=C(NNC(=S)Nc1cccc2ccccc12)c1ccccc1COc1ccc(F)cc1F. The van der Waals surface area contributed by atoms with Crippen molar-refractivity contribution in [2.75, 3.05) is 5.32 Å². The van der Waals surface area contributed by atoms with Crippen LogP contribution in [0.4, 0.5) is 14.5 Å². The smallest absolute Gasteiger partial charge is 0.270 e. The van der Waals surface area contributed by atoms with Crippen molar-refractivity contribution in [1.29, 1.82) is 0 Å². The van der Waals surface area contributed by atoms with Crippen LogP contribution in [0.15, 0.2) is 84.9 Å². The lowest BCUT2D eigenvalue weighted by Gasteiger charge is -2.15. The Kier molecular flexibility index (Phi) is 6.75. The average molecular weight is 464 g/mol. The molecule has 8 heteroatoms. The first-order chi connectivity index (χ1) is 16.0. The van der Waals surface area contributed by atoms with Gasteiger partial charge in [0.2, 0.25) is 0 Å². The van der Waals surface area contributed by atoms with E-state index in [0.29, 0.717) is 11.1 Å². The minimum absolute atomic E-state index is 0.0785. The third-order valence-corrected chi connectivity index (χ3v) is 5.07. The third-order valence-electron chi connectivity index (χ3n) is 4.87. The van der Waals surface area contributed by atoms with Crippen LogP contribution in [0.1, 0.15) is 15.9 Å². The Balaban J connectivity index is 1.39. The number of hydrogen-bond donors (Lipinski definition) is 3. The van der Waals surface area contributed by atoms with Gasteiger partial charge in [-0.25, -0.2) is 8.78 Å². The van der Waals surface area contributed by atoms with Crippen molar-refractivity contribution in [1.82, 2.24) is 10.9 Å². The molecule has 3 N–H and O–H groups in total. The zero-order chi connectivity index (χ0) is 23.2.